The van der Waals surface area contributed by atoms with E-state index in [1.54, 1.807) is 30.3 Å². The average molecular weight is 408 g/mol. The standard InChI is InChI=1S/C21H18BFN2O5/c1-29-13-6-5-12(16(23)9-13)11-30-17-4-2-3-14-15(17)10-25(19(14)27)21(22)8-7-18(26)24-20(21)28/h2-6,9H,7-8,10-11H2,1H3,(H,24,26,28). The fourth-order valence-corrected chi connectivity index (χ4v) is 3.66. The zero-order chi connectivity index (χ0) is 21.5. The second-order valence-corrected chi connectivity index (χ2v) is 7.22. The SMILES string of the molecule is [B]C1(N2Cc3c(OCc4ccc(OC)cc4F)cccc3C2=O)CCC(=O)NC1=O. The molecule has 1 saturated heterocycles. The summed E-state index contributed by atoms with van der Waals surface area (Å²) in [6, 6.07) is 9.39. The number of ether oxygens (including phenoxy) is 2. The molecule has 152 valence electrons. The summed E-state index contributed by atoms with van der Waals surface area (Å²) < 4.78 is 25.0. The number of halogens is 1. The van der Waals surface area contributed by atoms with Crippen LogP contribution < -0.4 is 14.8 Å². The molecule has 4 rings (SSSR count). The van der Waals surface area contributed by atoms with E-state index in [1.807, 2.05) is 0 Å². The van der Waals surface area contributed by atoms with Crippen LogP contribution in [0.1, 0.15) is 34.3 Å². The maximum Gasteiger partial charge on any atom is 0.254 e. The van der Waals surface area contributed by atoms with E-state index in [4.69, 9.17) is 17.3 Å². The first-order chi connectivity index (χ1) is 14.3. The monoisotopic (exact) mass is 408 g/mol. The highest BCUT2D eigenvalue weighted by atomic mass is 19.1. The van der Waals surface area contributed by atoms with Gasteiger partial charge in [0.05, 0.1) is 19.1 Å². The Morgan fingerprint density at radius 2 is 2.03 bits per heavy atom. The number of carbonyl (C=O) groups is 3. The minimum atomic E-state index is -1.62. The van der Waals surface area contributed by atoms with Crippen molar-refractivity contribution in [3.8, 4) is 11.5 Å². The van der Waals surface area contributed by atoms with Crippen LogP contribution >= 0.6 is 0 Å². The molecule has 9 heteroatoms. The Morgan fingerprint density at radius 3 is 2.73 bits per heavy atom. The summed E-state index contributed by atoms with van der Waals surface area (Å²) in [5.41, 5.74) is -0.373. The van der Waals surface area contributed by atoms with Crippen LogP contribution in [0.25, 0.3) is 0 Å². The van der Waals surface area contributed by atoms with Crippen LogP contribution in [-0.2, 0) is 22.7 Å². The summed E-state index contributed by atoms with van der Waals surface area (Å²) in [6.45, 7) is -0.00320. The average Bonchev–Trinajstić information content (AvgIpc) is 3.08. The van der Waals surface area contributed by atoms with Crippen LogP contribution in [0, 0.1) is 5.82 Å². The molecule has 3 amide bonds. The number of rotatable bonds is 5. The maximum atomic E-state index is 14.2. The van der Waals surface area contributed by atoms with E-state index in [0.29, 0.717) is 28.2 Å². The van der Waals surface area contributed by atoms with Crippen molar-refractivity contribution in [2.24, 2.45) is 0 Å². The summed E-state index contributed by atoms with van der Waals surface area (Å²) in [5, 5.41) is 2.19. The quantitative estimate of drug-likeness (QED) is 0.601. The molecule has 2 radical (unpaired) electrons. The fraction of sp³-hybridized carbons (Fsp3) is 0.286. The lowest BCUT2D eigenvalue weighted by molar-refractivity contribution is -0.138. The Kier molecular flexibility index (Phi) is 4.97. The van der Waals surface area contributed by atoms with Crippen LogP contribution in [0.15, 0.2) is 36.4 Å². The van der Waals surface area contributed by atoms with Crippen molar-refractivity contribution in [3.05, 3.63) is 58.9 Å². The lowest BCUT2D eigenvalue weighted by Crippen LogP contribution is -2.63. The number of hydrogen-bond acceptors (Lipinski definition) is 5. The number of fused-ring (bicyclic) bond motifs is 1. The van der Waals surface area contributed by atoms with Gasteiger partial charge < -0.3 is 14.4 Å². The highest BCUT2D eigenvalue weighted by Gasteiger charge is 2.48. The van der Waals surface area contributed by atoms with E-state index in [9.17, 15) is 18.8 Å². The third kappa shape index (κ3) is 3.30. The number of imide groups is 1. The van der Waals surface area contributed by atoms with Crippen molar-refractivity contribution < 1.29 is 28.2 Å². The second-order valence-electron chi connectivity index (χ2n) is 7.22. The van der Waals surface area contributed by atoms with E-state index in [-0.39, 0.29) is 26.0 Å². The minimum absolute atomic E-state index is 0.0324. The number of amides is 3. The number of piperidine rings is 1. The van der Waals surface area contributed by atoms with Gasteiger partial charge in [0.2, 0.25) is 11.8 Å². The third-order valence-corrected chi connectivity index (χ3v) is 5.43. The molecule has 1 unspecified atom stereocenters. The normalized spacial score (nSPS) is 20.7. The van der Waals surface area contributed by atoms with Gasteiger partial charge in [-0.05, 0) is 30.7 Å². The molecule has 1 fully saturated rings. The Bertz CT molecular complexity index is 1060. The number of hydrogen-bond donors (Lipinski definition) is 1. The Hall–Kier alpha value is -3.36. The second kappa shape index (κ2) is 7.48. The van der Waals surface area contributed by atoms with Crippen LogP contribution in [0.3, 0.4) is 0 Å². The van der Waals surface area contributed by atoms with Crippen molar-refractivity contribution >= 4 is 25.6 Å². The van der Waals surface area contributed by atoms with Gasteiger partial charge in [0.1, 0.15) is 31.8 Å². The smallest absolute Gasteiger partial charge is 0.254 e. The van der Waals surface area contributed by atoms with E-state index in [2.05, 4.69) is 5.32 Å². The van der Waals surface area contributed by atoms with Gasteiger partial charge in [-0.1, -0.05) is 6.07 Å². The van der Waals surface area contributed by atoms with Crippen LogP contribution in [0.4, 0.5) is 4.39 Å². The molecule has 30 heavy (non-hydrogen) atoms. The zero-order valence-corrected chi connectivity index (χ0v) is 16.2. The third-order valence-electron chi connectivity index (χ3n) is 5.43. The molecule has 2 aliphatic rings. The Labute approximate surface area is 173 Å². The predicted octanol–water partition coefficient (Wildman–Crippen LogP) is 1.67. The van der Waals surface area contributed by atoms with Gasteiger partial charge in [-0.15, -0.1) is 0 Å². The highest BCUT2D eigenvalue weighted by Crippen LogP contribution is 2.37. The fourth-order valence-electron chi connectivity index (χ4n) is 3.66. The molecular formula is C21H18BFN2O5. The minimum Gasteiger partial charge on any atom is -0.497 e. The molecule has 0 saturated carbocycles. The van der Waals surface area contributed by atoms with E-state index in [1.165, 1.54) is 18.1 Å². The van der Waals surface area contributed by atoms with Crippen LogP contribution in [-0.4, -0.2) is 43.0 Å². The van der Waals surface area contributed by atoms with Gasteiger partial charge in [-0.25, -0.2) is 4.39 Å². The van der Waals surface area contributed by atoms with Crippen molar-refractivity contribution in [2.45, 2.75) is 31.4 Å². The van der Waals surface area contributed by atoms with Crippen molar-refractivity contribution in [3.63, 3.8) is 0 Å². The lowest BCUT2D eigenvalue weighted by atomic mass is 9.70. The van der Waals surface area contributed by atoms with Crippen LogP contribution in [0.5, 0.6) is 11.5 Å². The predicted molar refractivity (Wildman–Crippen MR) is 104 cm³/mol. The highest BCUT2D eigenvalue weighted by molar-refractivity contribution is 6.32. The van der Waals surface area contributed by atoms with Gasteiger partial charge in [-0.2, -0.15) is 0 Å². The lowest BCUT2D eigenvalue weighted by Gasteiger charge is -2.40. The summed E-state index contributed by atoms with van der Waals surface area (Å²) in [7, 11) is 7.69. The summed E-state index contributed by atoms with van der Waals surface area (Å²) in [5.74, 6) is -1.22. The molecule has 2 aromatic carbocycles. The first-order valence-corrected chi connectivity index (χ1v) is 9.35. The number of nitrogens with zero attached hydrogens (tertiary/aromatic N) is 1. The number of nitrogens with one attached hydrogen (secondary N) is 1. The molecule has 7 nitrogen and oxygen atoms in total. The maximum absolute atomic E-state index is 14.2. The van der Waals surface area contributed by atoms with E-state index >= 15 is 0 Å². The molecular weight excluding hydrogens is 390 g/mol. The number of benzene rings is 2. The molecule has 2 aromatic rings. The molecule has 0 bridgehead atoms. The molecule has 2 heterocycles. The van der Waals surface area contributed by atoms with Gasteiger partial charge in [0, 0.05) is 29.2 Å². The summed E-state index contributed by atoms with van der Waals surface area (Å²) in [6.07, 6.45) is 0.0765. The van der Waals surface area contributed by atoms with Gasteiger partial charge in [0.15, 0.2) is 0 Å². The topological polar surface area (TPSA) is 84.9 Å². The first-order valence-electron chi connectivity index (χ1n) is 9.35. The number of methoxy groups -OCH3 is 1. The Morgan fingerprint density at radius 1 is 1.23 bits per heavy atom. The molecule has 0 aliphatic carbocycles. The molecule has 0 aromatic heterocycles. The van der Waals surface area contributed by atoms with Crippen molar-refractivity contribution in [1.29, 1.82) is 0 Å². The number of carbonyl (C=O) groups excluding carboxylic acids is 3. The van der Waals surface area contributed by atoms with Gasteiger partial charge in [0.25, 0.3) is 5.91 Å². The van der Waals surface area contributed by atoms with Crippen molar-refractivity contribution in [2.75, 3.05) is 7.11 Å². The van der Waals surface area contributed by atoms with E-state index in [0.717, 1.165) is 0 Å². The largest absolute Gasteiger partial charge is 0.497 e. The summed E-state index contributed by atoms with van der Waals surface area (Å²) in [4.78, 5) is 38.0. The first kappa shape index (κ1) is 19.9. The molecule has 1 atom stereocenters. The van der Waals surface area contributed by atoms with Crippen LogP contribution in [0.2, 0.25) is 0 Å². The van der Waals surface area contributed by atoms with E-state index < -0.39 is 29.0 Å². The Balaban J connectivity index is 1.56. The molecule has 2 aliphatic heterocycles. The molecule has 1 N–H and O–H groups in total. The molecule has 0 spiro atoms. The zero-order valence-electron chi connectivity index (χ0n) is 16.2. The van der Waals surface area contributed by atoms with Gasteiger partial charge >= 0.3 is 0 Å². The van der Waals surface area contributed by atoms with Crippen molar-refractivity contribution in [1.82, 2.24) is 10.2 Å². The van der Waals surface area contributed by atoms with Gasteiger partial charge in [-0.3, -0.25) is 19.7 Å². The summed E-state index contributed by atoms with van der Waals surface area (Å²) >= 11 is 0.